The molecule has 0 fully saturated rings. The second kappa shape index (κ2) is 13.6. The number of rotatable bonds is 11. The number of carbonyl (C=O) groups excluding carboxylic acids is 1. The summed E-state index contributed by atoms with van der Waals surface area (Å²) in [6.07, 6.45) is 1.72. The molecule has 1 atom stereocenters. The van der Waals surface area contributed by atoms with Crippen molar-refractivity contribution in [2.24, 2.45) is 4.99 Å². The van der Waals surface area contributed by atoms with Crippen LogP contribution in [-0.2, 0) is 16.1 Å². The molecule has 2 heterocycles. The van der Waals surface area contributed by atoms with Crippen LogP contribution >= 0.6 is 11.3 Å². The van der Waals surface area contributed by atoms with Gasteiger partial charge in [0.1, 0.15) is 12.6 Å². The average molecular weight is 615 g/mol. The predicted molar refractivity (Wildman–Crippen MR) is 169 cm³/mol. The van der Waals surface area contributed by atoms with Crippen molar-refractivity contribution >= 4 is 29.1 Å². The highest BCUT2D eigenvalue weighted by Gasteiger charge is 2.32. The number of benzene rings is 3. The van der Waals surface area contributed by atoms with Crippen LogP contribution in [0.4, 0.5) is 0 Å². The lowest BCUT2D eigenvalue weighted by molar-refractivity contribution is -0.138. The highest BCUT2D eigenvalue weighted by atomic mass is 32.1. The first-order chi connectivity index (χ1) is 21.3. The topological polar surface area (TPSA) is 109 Å². The Morgan fingerprint density at radius 1 is 0.932 bits per heavy atom. The molecule has 10 heteroatoms. The number of phenolic OH excluding ortho intramolecular Hbond substituents is 1. The standard InChI is InChI=1S/C34H34N2O7S/c1-5-40-27-17-23(13-15-25(27)37)18-29-32(38)36-21(4)30(33(39)42-7-3)31(35-34(36)44-29)24-14-16-26(28(19-24)41-6-2)43-20-22-11-9-8-10-12-22/h8-19,31,37H,5-7,20H2,1-4H3/b29-18-/t31-/m1/s1. The van der Waals surface area contributed by atoms with Gasteiger partial charge in [0, 0.05) is 5.70 Å². The van der Waals surface area contributed by atoms with Crippen molar-refractivity contribution in [3.05, 3.63) is 109 Å². The number of fused-ring (bicyclic) bond motifs is 1. The third kappa shape index (κ3) is 6.40. The lowest BCUT2D eigenvalue weighted by Crippen LogP contribution is -2.35. The van der Waals surface area contributed by atoms with Crippen molar-refractivity contribution < 1.29 is 28.8 Å². The lowest BCUT2D eigenvalue weighted by atomic mass is 9.96. The van der Waals surface area contributed by atoms with Crippen LogP contribution in [0.15, 0.2) is 82.1 Å². The molecule has 9 nitrogen and oxygen atoms in total. The largest absolute Gasteiger partial charge is 0.504 e. The van der Waals surface area contributed by atoms with E-state index in [1.807, 2.05) is 62.4 Å². The Bertz CT molecular complexity index is 1880. The molecule has 1 aromatic heterocycles. The van der Waals surface area contributed by atoms with Crippen LogP contribution in [0.2, 0.25) is 0 Å². The fourth-order valence-corrected chi connectivity index (χ4v) is 5.96. The van der Waals surface area contributed by atoms with Crippen molar-refractivity contribution in [3.8, 4) is 23.0 Å². The Balaban J connectivity index is 1.59. The summed E-state index contributed by atoms with van der Waals surface area (Å²) in [5.41, 5.74) is 2.81. The Morgan fingerprint density at radius 2 is 1.68 bits per heavy atom. The van der Waals surface area contributed by atoms with E-state index in [9.17, 15) is 14.7 Å². The number of thiazole rings is 1. The summed E-state index contributed by atoms with van der Waals surface area (Å²) in [4.78, 5) is 32.3. The number of nitrogens with zero attached hydrogens (tertiary/aromatic N) is 2. The fourth-order valence-electron chi connectivity index (χ4n) is 4.92. The zero-order valence-electron chi connectivity index (χ0n) is 25.0. The van der Waals surface area contributed by atoms with Crippen molar-refractivity contribution in [1.82, 2.24) is 4.57 Å². The van der Waals surface area contributed by atoms with Crippen molar-refractivity contribution in [1.29, 1.82) is 0 Å². The molecule has 0 amide bonds. The Labute approximate surface area is 258 Å². The molecule has 1 N–H and O–H groups in total. The van der Waals surface area contributed by atoms with Gasteiger partial charge < -0.3 is 24.1 Å². The Kier molecular flexibility index (Phi) is 9.50. The molecule has 0 bridgehead atoms. The van der Waals surface area contributed by atoms with Gasteiger partial charge in [-0.1, -0.05) is 53.8 Å². The van der Waals surface area contributed by atoms with Crippen molar-refractivity contribution in [2.45, 2.75) is 40.3 Å². The number of aromatic nitrogens is 1. The molecular formula is C34H34N2O7S. The number of hydrogen-bond donors (Lipinski definition) is 1. The Hall–Kier alpha value is -4.83. The molecule has 3 aromatic carbocycles. The van der Waals surface area contributed by atoms with Gasteiger partial charge in [-0.05, 0) is 74.7 Å². The fraction of sp³-hybridized carbons (Fsp3) is 0.265. The molecule has 5 rings (SSSR count). The molecular weight excluding hydrogens is 580 g/mol. The second-order valence-electron chi connectivity index (χ2n) is 9.86. The number of allylic oxidation sites excluding steroid dienone is 1. The third-order valence-electron chi connectivity index (χ3n) is 6.94. The van der Waals surface area contributed by atoms with E-state index in [2.05, 4.69) is 0 Å². The van der Waals surface area contributed by atoms with Gasteiger partial charge in [-0.25, -0.2) is 9.79 Å². The summed E-state index contributed by atoms with van der Waals surface area (Å²) in [6, 6.07) is 19.5. The summed E-state index contributed by atoms with van der Waals surface area (Å²) in [5.74, 6) is 0.894. The zero-order valence-corrected chi connectivity index (χ0v) is 25.8. The van der Waals surface area contributed by atoms with E-state index in [1.165, 1.54) is 22.0 Å². The highest BCUT2D eigenvalue weighted by Crippen LogP contribution is 2.37. The quantitative estimate of drug-likeness (QED) is 0.237. The third-order valence-corrected chi connectivity index (χ3v) is 7.92. The van der Waals surface area contributed by atoms with Crippen LogP contribution in [0.1, 0.15) is 50.4 Å². The summed E-state index contributed by atoms with van der Waals surface area (Å²) in [5, 5.41) is 10.1. The first-order valence-corrected chi connectivity index (χ1v) is 15.2. The summed E-state index contributed by atoms with van der Waals surface area (Å²) in [6.45, 7) is 8.52. The van der Waals surface area contributed by atoms with E-state index >= 15 is 0 Å². The van der Waals surface area contributed by atoms with E-state index in [-0.39, 0.29) is 23.5 Å². The van der Waals surface area contributed by atoms with Gasteiger partial charge in [0.25, 0.3) is 5.56 Å². The molecule has 0 unspecified atom stereocenters. The van der Waals surface area contributed by atoms with Crippen LogP contribution in [-0.4, -0.2) is 35.5 Å². The van der Waals surface area contributed by atoms with E-state index in [4.69, 9.17) is 23.9 Å². The first-order valence-electron chi connectivity index (χ1n) is 14.4. The van der Waals surface area contributed by atoms with Crippen LogP contribution in [0, 0.1) is 0 Å². The van der Waals surface area contributed by atoms with Crippen LogP contribution in [0.25, 0.3) is 11.8 Å². The second-order valence-corrected chi connectivity index (χ2v) is 10.9. The number of hydrogen-bond acceptors (Lipinski definition) is 9. The number of aromatic hydroxyl groups is 1. The van der Waals surface area contributed by atoms with Crippen LogP contribution in [0.3, 0.4) is 0 Å². The lowest BCUT2D eigenvalue weighted by Gasteiger charge is -2.23. The predicted octanol–water partition coefficient (Wildman–Crippen LogP) is 4.99. The minimum absolute atomic E-state index is 0.0183. The van der Waals surface area contributed by atoms with Crippen molar-refractivity contribution in [3.63, 3.8) is 0 Å². The molecule has 1 aliphatic heterocycles. The smallest absolute Gasteiger partial charge is 0.338 e. The normalized spacial score (nSPS) is 14.5. The summed E-state index contributed by atoms with van der Waals surface area (Å²) >= 11 is 1.22. The molecule has 0 saturated carbocycles. The SMILES string of the molecule is CCOC(=O)C1=C(C)n2c(s/c(=C\c3ccc(O)c(OCC)c3)c2=O)=N[C@@H]1c1ccc(OCc2ccccc2)c(OCC)c1. The number of phenols is 1. The van der Waals surface area contributed by atoms with E-state index in [0.717, 1.165) is 5.56 Å². The van der Waals surface area contributed by atoms with E-state index in [0.29, 0.717) is 63.2 Å². The number of esters is 1. The molecule has 1 aliphatic rings. The monoisotopic (exact) mass is 614 g/mol. The maximum Gasteiger partial charge on any atom is 0.338 e. The maximum absolute atomic E-state index is 13.6. The average Bonchev–Trinajstić information content (AvgIpc) is 3.33. The molecule has 0 aliphatic carbocycles. The molecule has 228 valence electrons. The minimum atomic E-state index is -0.736. The Morgan fingerprint density at radius 3 is 2.41 bits per heavy atom. The van der Waals surface area contributed by atoms with Gasteiger partial charge in [0.15, 0.2) is 27.8 Å². The minimum Gasteiger partial charge on any atom is -0.504 e. The van der Waals surface area contributed by atoms with Gasteiger partial charge in [-0.3, -0.25) is 9.36 Å². The van der Waals surface area contributed by atoms with Gasteiger partial charge in [0.2, 0.25) is 0 Å². The molecule has 4 aromatic rings. The van der Waals surface area contributed by atoms with E-state index in [1.54, 1.807) is 32.1 Å². The van der Waals surface area contributed by atoms with Crippen LogP contribution in [0.5, 0.6) is 23.0 Å². The summed E-state index contributed by atoms with van der Waals surface area (Å²) in [7, 11) is 0. The zero-order chi connectivity index (χ0) is 31.2. The highest BCUT2D eigenvalue weighted by molar-refractivity contribution is 7.07. The van der Waals surface area contributed by atoms with Gasteiger partial charge in [-0.2, -0.15) is 0 Å². The van der Waals surface area contributed by atoms with Gasteiger partial charge in [0.05, 0.1) is 29.9 Å². The van der Waals surface area contributed by atoms with Crippen molar-refractivity contribution in [2.75, 3.05) is 19.8 Å². The summed E-state index contributed by atoms with van der Waals surface area (Å²) < 4.78 is 24.8. The van der Waals surface area contributed by atoms with E-state index < -0.39 is 12.0 Å². The number of ether oxygens (including phenoxy) is 4. The van der Waals surface area contributed by atoms with Crippen LogP contribution < -0.4 is 29.1 Å². The molecule has 0 spiro atoms. The molecule has 0 radical (unpaired) electrons. The molecule has 0 saturated heterocycles. The first kappa shape index (κ1) is 30.6. The number of carbonyl (C=O) groups is 1. The maximum atomic E-state index is 13.6. The van der Waals surface area contributed by atoms with Gasteiger partial charge in [-0.15, -0.1) is 0 Å². The molecule has 44 heavy (non-hydrogen) atoms. The van der Waals surface area contributed by atoms with Gasteiger partial charge >= 0.3 is 5.97 Å².